The molecule has 15 heavy (non-hydrogen) atoms. The molecule has 1 amide bonds. The number of nitrogen functional groups attached to an aromatic ring is 1. The van der Waals surface area contributed by atoms with Gasteiger partial charge in [0.15, 0.2) is 0 Å². The standard InChI is InChI=1S/C11H11N3O/c1-7(15)14-8-2-3-9-10(12)4-5-13-11(9)6-8/h2-6H,1H3,(H2,12,13)(H,14,15). The highest BCUT2D eigenvalue weighted by Gasteiger charge is 2.01. The Morgan fingerprint density at radius 1 is 1.40 bits per heavy atom. The first-order valence-electron chi connectivity index (χ1n) is 4.58. The van der Waals surface area contributed by atoms with E-state index in [1.165, 1.54) is 6.92 Å². The van der Waals surface area contributed by atoms with Crippen LogP contribution in [0.2, 0.25) is 0 Å². The number of nitrogens with two attached hydrogens (primary N) is 1. The van der Waals surface area contributed by atoms with Crippen molar-refractivity contribution < 1.29 is 4.79 Å². The number of aromatic nitrogens is 1. The molecule has 1 aromatic carbocycles. The van der Waals surface area contributed by atoms with Gasteiger partial charge in [0.05, 0.1) is 5.52 Å². The molecule has 0 unspecified atom stereocenters. The number of anilines is 2. The second kappa shape index (κ2) is 3.57. The van der Waals surface area contributed by atoms with Gasteiger partial charge >= 0.3 is 0 Å². The van der Waals surface area contributed by atoms with Crippen LogP contribution < -0.4 is 11.1 Å². The van der Waals surface area contributed by atoms with E-state index in [1.807, 2.05) is 12.1 Å². The molecule has 0 saturated carbocycles. The highest BCUT2D eigenvalue weighted by Crippen LogP contribution is 2.21. The lowest BCUT2D eigenvalue weighted by molar-refractivity contribution is -0.114. The Kier molecular flexibility index (Phi) is 2.25. The van der Waals surface area contributed by atoms with E-state index in [0.717, 1.165) is 16.6 Å². The highest BCUT2D eigenvalue weighted by atomic mass is 16.1. The van der Waals surface area contributed by atoms with Crippen molar-refractivity contribution in [3.8, 4) is 0 Å². The maximum absolute atomic E-state index is 10.9. The topological polar surface area (TPSA) is 68.0 Å². The molecule has 0 aliphatic carbocycles. The van der Waals surface area contributed by atoms with Gasteiger partial charge in [-0.3, -0.25) is 9.78 Å². The molecule has 4 nitrogen and oxygen atoms in total. The Morgan fingerprint density at radius 3 is 2.93 bits per heavy atom. The van der Waals surface area contributed by atoms with E-state index >= 15 is 0 Å². The quantitative estimate of drug-likeness (QED) is 0.738. The molecule has 76 valence electrons. The zero-order valence-corrected chi connectivity index (χ0v) is 8.32. The number of rotatable bonds is 1. The van der Waals surface area contributed by atoms with Crippen LogP contribution >= 0.6 is 0 Å². The van der Waals surface area contributed by atoms with Crippen LogP contribution in [-0.2, 0) is 4.79 Å². The molecule has 0 radical (unpaired) electrons. The van der Waals surface area contributed by atoms with Crippen molar-refractivity contribution in [2.45, 2.75) is 6.92 Å². The summed E-state index contributed by atoms with van der Waals surface area (Å²) in [6, 6.07) is 7.21. The Hall–Kier alpha value is -2.10. The van der Waals surface area contributed by atoms with Crippen LogP contribution in [0, 0.1) is 0 Å². The summed E-state index contributed by atoms with van der Waals surface area (Å²) in [5, 5.41) is 3.59. The number of carbonyl (C=O) groups excluding carboxylic acids is 1. The van der Waals surface area contributed by atoms with Gasteiger partial charge in [-0.1, -0.05) is 0 Å². The summed E-state index contributed by atoms with van der Waals surface area (Å²) in [4.78, 5) is 15.0. The van der Waals surface area contributed by atoms with E-state index in [1.54, 1.807) is 18.3 Å². The van der Waals surface area contributed by atoms with Gasteiger partial charge < -0.3 is 11.1 Å². The molecule has 0 bridgehead atoms. The minimum atomic E-state index is -0.0988. The minimum absolute atomic E-state index is 0.0988. The maximum Gasteiger partial charge on any atom is 0.221 e. The van der Waals surface area contributed by atoms with Gasteiger partial charge in [0.2, 0.25) is 5.91 Å². The monoisotopic (exact) mass is 201 g/mol. The minimum Gasteiger partial charge on any atom is -0.398 e. The number of pyridine rings is 1. The third-order valence-electron chi connectivity index (χ3n) is 2.10. The molecule has 1 heterocycles. The molecular formula is C11H11N3O. The summed E-state index contributed by atoms with van der Waals surface area (Å²) in [5.74, 6) is -0.0988. The molecule has 0 aliphatic rings. The number of nitrogens with zero attached hydrogens (tertiary/aromatic N) is 1. The normalized spacial score (nSPS) is 10.2. The molecular weight excluding hydrogens is 190 g/mol. The lowest BCUT2D eigenvalue weighted by Gasteiger charge is -2.04. The highest BCUT2D eigenvalue weighted by molar-refractivity contribution is 5.95. The van der Waals surface area contributed by atoms with Gasteiger partial charge in [-0.05, 0) is 24.3 Å². The van der Waals surface area contributed by atoms with Crippen LogP contribution in [0.1, 0.15) is 6.92 Å². The van der Waals surface area contributed by atoms with E-state index in [0.29, 0.717) is 5.69 Å². The lowest BCUT2D eigenvalue weighted by Crippen LogP contribution is -2.05. The summed E-state index contributed by atoms with van der Waals surface area (Å²) in [6.07, 6.45) is 1.65. The fourth-order valence-corrected chi connectivity index (χ4v) is 1.45. The number of hydrogen-bond donors (Lipinski definition) is 2. The molecule has 2 rings (SSSR count). The second-order valence-corrected chi connectivity index (χ2v) is 3.31. The molecule has 0 saturated heterocycles. The molecule has 4 heteroatoms. The molecule has 2 aromatic rings. The van der Waals surface area contributed by atoms with Crippen molar-refractivity contribution in [3.63, 3.8) is 0 Å². The predicted octanol–water partition coefficient (Wildman–Crippen LogP) is 1.78. The van der Waals surface area contributed by atoms with Crippen molar-refractivity contribution in [2.75, 3.05) is 11.1 Å². The van der Waals surface area contributed by atoms with Crippen molar-refractivity contribution in [2.24, 2.45) is 0 Å². The van der Waals surface area contributed by atoms with E-state index < -0.39 is 0 Å². The lowest BCUT2D eigenvalue weighted by atomic mass is 10.2. The molecule has 0 aliphatic heterocycles. The van der Waals surface area contributed by atoms with Crippen molar-refractivity contribution in [3.05, 3.63) is 30.5 Å². The van der Waals surface area contributed by atoms with Gasteiger partial charge in [0.25, 0.3) is 0 Å². The van der Waals surface area contributed by atoms with Crippen molar-refractivity contribution >= 4 is 28.2 Å². The zero-order valence-electron chi connectivity index (χ0n) is 8.32. The summed E-state index contributed by atoms with van der Waals surface area (Å²) < 4.78 is 0. The number of carbonyl (C=O) groups is 1. The van der Waals surface area contributed by atoms with Crippen LogP contribution in [0.3, 0.4) is 0 Å². The predicted molar refractivity (Wildman–Crippen MR) is 60.5 cm³/mol. The fourth-order valence-electron chi connectivity index (χ4n) is 1.45. The summed E-state index contributed by atoms with van der Waals surface area (Å²) in [5.41, 5.74) is 7.98. The molecule has 1 aromatic heterocycles. The van der Waals surface area contributed by atoms with Crippen LogP contribution in [-0.4, -0.2) is 10.9 Å². The van der Waals surface area contributed by atoms with Gasteiger partial charge in [0.1, 0.15) is 0 Å². The van der Waals surface area contributed by atoms with Crippen molar-refractivity contribution in [1.82, 2.24) is 4.98 Å². The molecule has 0 fully saturated rings. The third kappa shape index (κ3) is 1.88. The maximum atomic E-state index is 10.9. The average Bonchev–Trinajstić information content (AvgIpc) is 2.17. The smallest absolute Gasteiger partial charge is 0.221 e. The zero-order chi connectivity index (χ0) is 10.8. The summed E-state index contributed by atoms with van der Waals surface area (Å²) in [6.45, 7) is 1.47. The third-order valence-corrected chi connectivity index (χ3v) is 2.10. The fraction of sp³-hybridized carbons (Fsp3) is 0.0909. The SMILES string of the molecule is CC(=O)Nc1ccc2c(N)ccnc2c1. The van der Waals surface area contributed by atoms with Gasteiger partial charge in [-0.25, -0.2) is 0 Å². The van der Waals surface area contributed by atoms with Crippen LogP contribution in [0.4, 0.5) is 11.4 Å². The Morgan fingerprint density at radius 2 is 2.20 bits per heavy atom. The van der Waals surface area contributed by atoms with E-state index in [9.17, 15) is 4.79 Å². The Bertz CT molecular complexity index is 522. The number of amides is 1. The van der Waals surface area contributed by atoms with Crippen molar-refractivity contribution in [1.29, 1.82) is 0 Å². The Balaban J connectivity index is 2.52. The van der Waals surface area contributed by atoms with E-state index in [2.05, 4.69) is 10.3 Å². The summed E-state index contributed by atoms with van der Waals surface area (Å²) >= 11 is 0. The number of fused-ring (bicyclic) bond motifs is 1. The molecule has 0 atom stereocenters. The molecule has 3 N–H and O–H groups in total. The van der Waals surface area contributed by atoms with Crippen LogP contribution in [0.15, 0.2) is 30.5 Å². The Labute approximate surface area is 87.1 Å². The number of hydrogen-bond acceptors (Lipinski definition) is 3. The average molecular weight is 201 g/mol. The van der Waals surface area contributed by atoms with Gasteiger partial charge in [-0.2, -0.15) is 0 Å². The van der Waals surface area contributed by atoms with E-state index in [-0.39, 0.29) is 5.91 Å². The first kappa shape index (κ1) is 9.45. The largest absolute Gasteiger partial charge is 0.398 e. The summed E-state index contributed by atoms with van der Waals surface area (Å²) in [7, 11) is 0. The second-order valence-electron chi connectivity index (χ2n) is 3.31. The van der Waals surface area contributed by atoms with Crippen LogP contribution in [0.5, 0.6) is 0 Å². The van der Waals surface area contributed by atoms with Gasteiger partial charge in [-0.15, -0.1) is 0 Å². The van der Waals surface area contributed by atoms with Crippen LogP contribution in [0.25, 0.3) is 10.9 Å². The first-order valence-corrected chi connectivity index (χ1v) is 4.58. The molecule has 0 spiro atoms. The number of nitrogens with one attached hydrogen (secondary N) is 1. The van der Waals surface area contributed by atoms with Gasteiger partial charge in [0, 0.05) is 29.9 Å². The first-order chi connectivity index (χ1) is 7.16. The number of benzene rings is 1. The van der Waals surface area contributed by atoms with E-state index in [4.69, 9.17) is 5.73 Å².